The van der Waals surface area contributed by atoms with E-state index in [-0.39, 0.29) is 18.2 Å². The van der Waals surface area contributed by atoms with Crippen molar-refractivity contribution in [3.8, 4) is 0 Å². The van der Waals surface area contributed by atoms with Crippen LogP contribution >= 0.6 is 0 Å². The summed E-state index contributed by atoms with van der Waals surface area (Å²) in [6.45, 7) is 2.25. The van der Waals surface area contributed by atoms with Gasteiger partial charge >= 0.3 is 0 Å². The van der Waals surface area contributed by atoms with Gasteiger partial charge in [0.15, 0.2) is 4.90 Å². The van der Waals surface area contributed by atoms with Crippen molar-refractivity contribution in [3.63, 3.8) is 0 Å². The monoisotopic (exact) mass is 304 g/mol. The first-order valence-electron chi connectivity index (χ1n) is 6.55. The van der Waals surface area contributed by atoms with Crippen molar-refractivity contribution in [1.82, 2.24) is 4.72 Å². The third-order valence-corrected chi connectivity index (χ3v) is 5.34. The molecule has 7 heteroatoms. The summed E-state index contributed by atoms with van der Waals surface area (Å²) in [5, 5.41) is 0. The Labute approximate surface area is 117 Å². The number of nitrogens with one attached hydrogen (secondary N) is 1. The van der Waals surface area contributed by atoms with Gasteiger partial charge in [0.05, 0.1) is 0 Å². The van der Waals surface area contributed by atoms with Gasteiger partial charge in [-0.15, -0.1) is 0 Å². The molecule has 0 radical (unpaired) electrons. The fourth-order valence-corrected chi connectivity index (χ4v) is 3.86. The second-order valence-electron chi connectivity index (χ2n) is 5.33. The van der Waals surface area contributed by atoms with Crippen LogP contribution in [0.25, 0.3) is 0 Å². The summed E-state index contributed by atoms with van der Waals surface area (Å²) >= 11 is 0. The van der Waals surface area contributed by atoms with Crippen LogP contribution in [0.3, 0.4) is 0 Å². The topological polar surface area (TPSA) is 72.2 Å². The summed E-state index contributed by atoms with van der Waals surface area (Å²) in [4.78, 5) is -0.961. The van der Waals surface area contributed by atoms with Crippen molar-refractivity contribution in [2.45, 2.75) is 31.1 Å². The van der Waals surface area contributed by atoms with Crippen LogP contribution in [0, 0.1) is 23.5 Å². The van der Waals surface area contributed by atoms with E-state index in [0.717, 1.165) is 31.4 Å². The van der Waals surface area contributed by atoms with Crippen molar-refractivity contribution in [2.24, 2.45) is 11.8 Å². The Kier molecular flexibility index (Phi) is 4.29. The fraction of sp³-hybridized carbons (Fsp3) is 0.538. The number of halogens is 2. The molecule has 0 bridgehead atoms. The van der Waals surface area contributed by atoms with Crippen molar-refractivity contribution in [2.75, 3.05) is 12.3 Å². The average molecular weight is 304 g/mol. The number of hydrogen-bond acceptors (Lipinski definition) is 3. The zero-order valence-corrected chi connectivity index (χ0v) is 12.0. The molecule has 1 aliphatic carbocycles. The molecule has 112 valence electrons. The van der Waals surface area contributed by atoms with Crippen LogP contribution in [-0.4, -0.2) is 15.0 Å². The molecule has 1 saturated carbocycles. The molecule has 0 aliphatic heterocycles. The Morgan fingerprint density at radius 1 is 1.30 bits per heavy atom. The molecule has 2 unspecified atom stereocenters. The Morgan fingerprint density at radius 3 is 2.40 bits per heavy atom. The normalized spacial score (nSPS) is 23.1. The molecule has 1 fully saturated rings. The number of hydrogen-bond donors (Lipinski definition) is 2. The highest BCUT2D eigenvalue weighted by atomic mass is 32.2. The number of rotatable bonds is 4. The van der Waals surface area contributed by atoms with Gasteiger partial charge < -0.3 is 5.73 Å². The SMILES string of the molecule is CC1CCCC1CNS(=O)(=O)c1c(F)cc(N)cc1F. The van der Waals surface area contributed by atoms with Gasteiger partial charge in [-0.05, 0) is 30.4 Å². The molecule has 3 N–H and O–H groups in total. The van der Waals surface area contributed by atoms with Gasteiger partial charge in [-0.3, -0.25) is 0 Å². The molecular formula is C13H18F2N2O2S. The van der Waals surface area contributed by atoms with E-state index in [9.17, 15) is 17.2 Å². The highest BCUT2D eigenvalue weighted by Gasteiger charge is 2.28. The summed E-state index contributed by atoms with van der Waals surface area (Å²) in [7, 11) is -4.20. The van der Waals surface area contributed by atoms with Gasteiger partial charge in [-0.1, -0.05) is 19.8 Å². The van der Waals surface area contributed by atoms with Gasteiger partial charge in [0.2, 0.25) is 10.0 Å². The van der Waals surface area contributed by atoms with Gasteiger partial charge in [0, 0.05) is 12.2 Å². The second kappa shape index (κ2) is 5.65. The smallest absolute Gasteiger partial charge is 0.246 e. The average Bonchev–Trinajstić information content (AvgIpc) is 2.70. The molecule has 4 nitrogen and oxygen atoms in total. The molecule has 0 saturated heterocycles. The fourth-order valence-electron chi connectivity index (χ4n) is 2.65. The van der Waals surface area contributed by atoms with E-state index in [2.05, 4.69) is 11.6 Å². The largest absolute Gasteiger partial charge is 0.399 e. The van der Waals surface area contributed by atoms with Crippen molar-refractivity contribution >= 4 is 15.7 Å². The molecule has 20 heavy (non-hydrogen) atoms. The Morgan fingerprint density at radius 2 is 1.90 bits per heavy atom. The molecule has 1 aromatic carbocycles. The molecule has 0 amide bonds. The van der Waals surface area contributed by atoms with Crippen LogP contribution in [0.2, 0.25) is 0 Å². The molecule has 0 aromatic heterocycles. The van der Waals surface area contributed by atoms with Crippen molar-refractivity contribution < 1.29 is 17.2 Å². The van der Waals surface area contributed by atoms with E-state index in [1.807, 2.05) is 0 Å². The standard InChI is InChI=1S/C13H18F2N2O2S/c1-8-3-2-4-9(8)7-17-20(18,19)13-11(14)5-10(16)6-12(13)15/h5-6,8-9,17H,2-4,7,16H2,1H3. The van der Waals surface area contributed by atoms with Gasteiger partial charge in [0.1, 0.15) is 11.6 Å². The lowest BCUT2D eigenvalue weighted by Crippen LogP contribution is -2.31. The molecule has 1 aliphatic rings. The second-order valence-corrected chi connectivity index (χ2v) is 7.04. The third-order valence-electron chi connectivity index (χ3n) is 3.86. The van der Waals surface area contributed by atoms with Crippen molar-refractivity contribution in [3.05, 3.63) is 23.8 Å². The molecule has 0 heterocycles. The minimum Gasteiger partial charge on any atom is -0.399 e. The predicted octanol–water partition coefficient (Wildman–Crippen LogP) is 2.26. The minimum absolute atomic E-state index is 0.150. The van der Waals surface area contributed by atoms with E-state index in [1.165, 1.54) is 0 Å². The van der Waals surface area contributed by atoms with E-state index in [4.69, 9.17) is 5.73 Å². The Balaban J connectivity index is 2.18. The number of nitrogens with two attached hydrogens (primary N) is 1. The molecule has 2 atom stereocenters. The first kappa shape index (κ1) is 15.2. The third kappa shape index (κ3) is 3.09. The maximum Gasteiger partial charge on any atom is 0.246 e. The zero-order chi connectivity index (χ0) is 14.9. The first-order chi connectivity index (χ1) is 9.31. The summed E-state index contributed by atoms with van der Waals surface area (Å²) in [6.07, 6.45) is 3.03. The summed E-state index contributed by atoms with van der Waals surface area (Å²) < 4.78 is 53.6. The van der Waals surface area contributed by atoms with Crippen LogP contribution in [0.4, 0.5) is 14.5 Å². The van der Waals surface area contributed by atoms with Crippen LogP contribution in [-0.2, 0) is 10.0 Å². The minimum atomic E-state index is -4.20. The highest BCUT2D eigenvalue weighted by molar-refractivity contribution is 7.89. The van der Waals surface area contributed by atoms with Crippen molar-refractivity contribution in [1.29, 1.82) is 0 Å². The number of anilines is 1. The van der Waals surface area contributed by atoms with Crippen LogP contribution in [0.5, 0.6) is 0 Å². The van der Waals surface area contributed by atoms with E-state index in [0.29, 0.717) is 5.92 Å². The summed E-state index contributed by atoms with van der Waals surface area (Å²) in [6, 6.07) is 1.60. The molecular weight excluding hydrogens is 286 g/mol. The maximum absolute atomic E-state index is 13.6. The molecule has 2 rings (SSSR count). The number of nitrogen functional groups attached to an aromatic ring is 1. The number of benzene rings is 1. The van der Waals surface area contributed by atoms with E-state index >= 15 is 0 Å². The lowest BCUT2D eigenvalue weighted by Gasteiger charge is -2.16. The predicted molar refractivity (Wildman–Crippen MR) is 72.5 cm³/mol. The van der Waals surface area contributed by atoms with E-state index in [1.54, 1.807) is 0 Å². The first-order valence-corrected chi connectivity index (χ1v) is 8.04. The van der Waals surface area contributed by atoms with E-state index < -0.39 is 26.6 Å². The summed E-state index contributed by atoms with van der Waals surface area (Å²) in [5.74, 6) is -1.72. The summed E-state index contributed by atoms with van der Waals surface area (Å²) in [5.41, 5.74) is 5.12. The van der Waals surface area contributed by atoms with Crippen LogP contribution in [0.15, 0.2) is 17.0 Å². The Bertz CT molecular complexity index is 581. The Hall–Kier alpha value is -1.21. The van der Waals surface area contributed by atoms with Gasteiger partial charge in [-0.2, -0.15) is 0 Å². The lowest BCUT2D eigenvalue weighted by molar-refractivity contribution is 0.413. The molecule has 0 spiro atoms. The zero-order valence-electron chi connectivity index (χ0n) is 11.2. The lowest BCUT2D eigenvalue weighted by atomic mass is 9.99. The molecule has 1 aromatic rings. The van der Waals surface area contributed by atoms with Crippen LogP contribution in [0.1, 0.15) is 26.2 Å². The number of sulfonamides is 1. The highest BCUT2D eigenvalue weighted by Crippen LogP contribution is 2.31. The van der Waals surface area contributed by atoms with Gasteiger partial charge in [0.25, 0.3) is 0 Å². The van der Waals surface area contributed by atoms with Gasteiger partial charge in [-0.25, -0.2) is 21.9 Å². The van der Waals surface area contributed by atoms with Crippen LogP contribution < -0.4 is 10.5 Å². The maximum atomic E-state index is 13.6. The quantitative estimate of drug-likeness (QED) is 0.838.